The van der Waals surface area contributed by atoms with Gasteiger partial charge in [-0.1, -0.05) is 0 Å². The third-order valence-electron chi connectivity index (χ3n) is 3.31. The van der Waals surface area contributed by atoms with Crippen molar-refractivity contribution in [1.29, 1.82) is 0 Å². The van der Waals surface area contributed by atoms with Crippen molar-refractivity contribution < 1.29 is 13.9 Å². The second kappa shape index (κ2) is 3.03. The molecule has 2 aliphatic rings. The summed E-state index contributed by atoms with van der Waals surface area (Å²) in [4.78, 5) is 1.99. The molecule has 1 atom stereocenters. The van der Waals surface area contributed by atoms with Crippen LogP contribution in [0.15, 0.2) is 11.7 Å². The molecule has 2 rings (SSSR count). The van der Waals surface area contributed by atoms with Gasteiger partial charge in [-0.15, -0.1) is 0 Å². The first-order valence-electron chi connectivity index (χ1n) is 4.61. The van der Waals surface area contributed by atoms with Gasteiger partial charge in [-0.25, -0.2) is 0 Å². The Morgan fingerprint density at radius 2 is 2.23 bits per heavy atom. The highest BCUT2D eigenvalue weighted by molar-refractivity contribution is 5.28. The van der Waals surface area contributed by atoms with E-state index < -0.39 is 11.6 Å². The Morgan fingerprint density at radius 1 is 1.46 bits per heavy atom. The maximum Gasteiger partial charge on any atom is 0.271 e. The zero-order valence-corrected chi connectivity index (χ0v) is 7.39. The van der Waals surface area contributed by atoms with Crippen LogP contribution in [0.2, 0.25) is 0 Å². The second-order valence-electron chi connectivity index (χ2n) is 3.77. The molecule has 0 aliphatic carbocycles. The van der Waals surface area contributed by atoms with E-state index in [1.807, 2.05) is 4.90 Å². The molecule has 13 heavy (non-hydrogen) atoms. The van der Waals surface area contributed by atoms with Gasteiger partial charge in [0.25, 0.3) is 6.08 Å². The van der Waals surface area contributed by atoms with Gasteiger partial charge in [0, 0.05) is 12.1 Å². The van der Waals surface area contributed by atoms with Crippen LogP contribution in [-0.4, -0.2) is 35.2 Å². The largest absolute Gasteiger partial charge is 0.394 e. The van der Waals surface area contributed by atoms with Gasteiger partial charge in [-0.3, -0.25) is 4.90 Å². The van der Waals surface area contributed by atoms with E-state index in [0.717, 1.165) is 13.0 Å². The highest BCUT2D eigenvalue weighted by atomic mass is 19.3. The number of aliphatic hydroxyl groups excluding tert-OH is 1. The van der Waals surface area contributed by atoms with Crippen LogP contribution in [0, 0.1) is 0 Å². The molecule has 0 saturated carbocycles. The number of aliphatic hydroxyl groups is 1. The monoisotopic (exact) mass is 189 g/mol. The first kappa shape index (κ1) is 9.09. The number of hydrogen-bond acceptors (Lipinski definition) is 2. The second-order valence-corrected chi connectivity index (χ2v) is 3.77. The van der Waals surface area contributed by atoms with Crippen molar-refractivity contribution in [3.05, 3.63) is 11.7 Å². The highest BCUT2D eigenvalue weighted by Gasteiger charge is 2.49. The number of fused-ring (bicyclic) bond motifs is 1. The standard InChI is InChI=1S/C9H13F2NO/c10-8(11)7-2-5-12-4-1-3-9(7,12)6-13/h13H,1-6H2/t9-/m0/s1. The minimum absolute atomic E-state index is 0.167. The Balaban J connectivity index is 2.38. The van der Waals surface area contributed by atoms with E-state index >= 15 is 0 Å². The molecule has 2 nitrogen and oxygen atoms in total. The zero-order chi connectivity index (χ0) is 9.47. The molecule has 2 saturated heterocycles. The molecular weight excluding hydrogens is 176 g/mol. The van der Waals surface area contributed by atoms with E-state index in [-0.39, 0.29) is 12.2 Å². The van der Waals surface area contributed by atoms with E-state index in [0.29, 0.717) is 19.4 Å². The first-order valence-corrected chi connectivity index (χ1v) is 4.61. The van der Waals surface area contributed by atoms with Crippen molar-refractivity contribution in [3.63, 3.8) is 0 Å². The van der Waals surface area contributed by atoms with Crippen molar-refractivity contribution in [2.75, 3.05) is 19.7 Å². The van der Waals surface area contributed by atoms with Crippen LogP contribution in [0.25, 0.3) is 0 Å². The molecule has 0 unspecified atom stereocenters. The fraction of sp³-hybridized carbons (Fsp3) is 0.778. The molecule has 0 aromatic carbocycles. The number of rotatable bonds is 1. The lowest BCUT2D eigenvalue weighted by Gasteiger charge is -2.30. The van der Waals surface area contributed by atoms with Crippen molar-refractivity contribution in [1.82, 2.24) is 4.90 Å². The van der Waals surface area contributed by atoms with Crippen LogP contribution in [0.4, 0.5) is 8.78 Å². The van der Waals surface area contributed by atoms with Crippen molar-refractivity contribution >= 4 is 0 Å². The number of halogens is 2. The van der Waals surface area contributed by atoms with E-state index in [4.69, 9.17) is 0 Å². The molecule has 2 fully saturated rings. The maximum absolute atomic E-state index is 12.6. The fourth-order valence-corrected chi connectivity index (χ4v) is 2.63. The van der Waals surface area contributed by atoms with Crippen molar-refractivity contribution in [2.24, 2.45) is 0 Å². The van der Waals surface area contributed by atoms with Gasteiger partial charge in [0.2, 0.25) is 0 Å². The lowest BCUT2D eigenvalue weighted by atomic mass is 9.90. The Labute approximate surface area is 75.8 Å². The number of nitrogens with zero attached hydrogens (tertiary/aromatic N) is 1. The van der Waals surface area contributed by atoms with Crippen LogP contribution >= 0.6 is 0 Å². The van der Waals surface area contributed by atoms with Gasteiger partial charge < -0.3 is 5.11 Å². The van der Waals surface area contributed by atoms with Crippen LogP contribution in [-0.2, 0) is 0 Å². The van der Waals surface area contributed by atoms with Crippen molar-refractivity contribution in [3.8, 4) is 0 Å². The van der Waals surface area contributed by atoms with Gasteiger partial charge in [0.1, 0.15) is 0 Å². The molecular formula is C9H13F2NO. The third kappa shape index (κ3) is 1.12. The molecule has 2 heterocycles. The molecule has 1 N–H and O–H groups in total. The van der Waals surface area contributed by atoms with Crippen LogP contribution in [0.1, 0.15) is 19.3 Å². The SMILES string of the molecule is OC[C@]12CCCN1CCC2=C(F)F. The summed E-state index contributed by atoms with van der Waals surface area (Å²) in [6.45, 7) is 1.35. The van der Waals surface area contributed by atoms with Crippen LogP contribution < -0.4 is 0 Å². The maximum atomic E-state index is 12.6. The lowest BCUT2D eigenvalue weighted by Crippen LogP contribution is -2.43. The molecule has 0 aromatic heterocycles. The van der Waals surface area contributed by atoms with Crippen LogP contribution in [0.5, 0.6) is 0 Å². The zero-order valence-electron chi connectivity index (χ0n) is 7.39. The summed E-state index contributed by atoms with van der Waals surface area (Å²) in [7, 11) is 0. The summed E-state index contributed by atoms with van der Waals surface area (Å²) in [5, 5.41) is 9.24. The molecule has 0 spiro atoms. The molecule has 74 valence electrons. The van der Waals surface area contributed by atoms with Gasteiger partial charge in [-0.05, 0) is 25.8 Å². The fourth-order valence-electron chi connectivity index (χ4n) is 2.63. The minimum atomic E-state index is -1.58. The first-order chi connectivity index (χ1) is 6.20. The van der Waals surface area contributed by atoms with Gasteiger partial charge in [0.05, 0.1) is 12.1 Å². The smallest absolute Gasteiger partial charge is 0.271 e. The third-order valence-corrected chi connectivity index (χ3v) is 3.31. The van der Waals surface area contributed by atoms with Gasteiger partial charge >= 0.3 is 0 Å². The topological polar surface area (TPSA) is 23.5 Å². The molecule has 2 aliphatic heterocycles. The summed E-state index contributed by atoms with van der Waals surface area (Å²) >= 11 is 0. The average molecular weight is 189 g/mol. The Hall–Kier alpha value is -0.480. The molecule has 0 bridgehead atoms. The summed E-state index contributed by atoms with van der Waals surface area (Å²) in [5.41, 5.74) is -0.522. The average Bonchev–Trinajstić information content (AvgIpc) is 2.58. The highest BCUT2D eigenvalue weighted by Crippen LogP contribution is 2.44. The number of hydrogen-bond donors (Lipinski definition) is 1. The molecule has 0 aromatic rings. The Morgan fingerprint density at radius 3 is 2.85 bits per heavy atom. The molecule has 0 radical (unpaired) electrons. The van der Waals surface area contributed by atoms with Crippen molar-refractivity contribution in [2.45, 2.75) is 24.8 Å². The molecule has 4 heteroatoms. The van der Waals surface area contributed by atoms with E-state index in [9.17, 15) is 13.9 Å². The quantitative estimate of drug-likeness (QED) is 0.673. The normalized spacial score (nSPS) is 33.9. The summed E-state index contributed by atoms with van der Waals surface area (Å²) < 4.78 is 25.1. The van der Waals surface area contributed by atoms with E-state index in [2.05, 4.69) is 0 Å². The summed E-state index contributed by atoms with van der Waals surface area (Å²) in [5.74, 6) is 0. The van der Waals surface area contributed by atoms with Gasteiger partial charge in [-0.2, -0.15) is 8.78 Å². The lowest BCUT2D eigenvalue weighted by molar-refractivity contribution is 0.119. The van der Waals surface area contributed by atoms with E-state index in [1.165, 1.54) is 0 Å². The minimum Gasteiger partial charge on any atom is -0.394 e. The predicted octanol–water partition coefficient (Wildman–Crippen LogP) is 1.37. The molecule has 0 amide bonds. The van der Waals surface area contributed by atoms with Gasteiger partial charge in [0.15, 0.2) is 0 Å². The predicted molar refractivity (Wildman–Crippen MR) is 44.5 cm³/mol. The van der Waals surface area contributed by atoms with Crippen LogP contribution in [0.3, 0.4) is 0 Å². The van der Waals surface area contributed by atoms with E-state index in [1.54, 1.807) is 0 Å². The summed E-state index contributed by atoms with van der Waals surface area (Å²) in [6.07, 6.45) is 0.426. The Bertz CT molecular complexity index is 250. The Kier molecular flexibility index (Phi) is 2.12. The summed E-state index contributed by atoms with van der Waals surface area (Å²) in [6, 6.07) is 0.